The molecule has 0 bridgehead atoms. The Labute approximate surface area is 39.3 Å². The lowest BCUT2D eigenvalue weighted by Gasteiger charge is -1.73. The quantitative estimate of drug-likeness (QED) is 0.474. The topological polar surface area (TPSA) is 54.4 Å². The van der Waals surface area contributed by atoms with E-state index in [9.17, 15) is 9.59 Å². The van der Waals surface area contributed by atoms with E-state index in [4.69, 9.17) is 5.11 Å². The van der Waals surface area contributed by atoms with E-state index in [1.165, 1.54) is 0 Å². The van der Waals surface area contributed by atoms with Crippen molar-refractivity contribution in [2.45, 2.75) is 6.92 Å². The lowest BCUT2D eigenvalue weighted by Crippen LogP contribution is -2.05. The first-order chi connectivity index (χ1) is 2.64. The molecule has 3 nitrogen and oxygen atoms in total. The minimum absolute atomic E-state index is 0. The molecule has 42 valence electrons. The summed E-state index contributed by atoms with van der Waals surface area (Å²) in [6.45, 7) is 1.00. The van der Waals surface area contributed by atoms with Crippen molar-refractivity contribution >= 4 is 11.8 Å². The van der Waals surface area contributed by atoms with Crippen molar-refractivity contribution in [3.8, 4) is 0 Å². The predicted molar refractivity (Wildman–Crippen MR) is 20.8 cm³/mol. The standard InChI is InChI=1S/C3H4O3.FH/c1-2(4)3(5)6;/h1H3,(H,5,6);1H. The van der Waals surface area contributed by atoms with Gasteiger partial charge in [-0.3, -0.25) is 9.50 Å². The van der Waals surface area contributed by atoms with Gasteiger partial charge in [0.15, 0.2) is 0 Å². The molecule has 0 aliphatic rings. The summed E-state index contributed by atoms with van der Waals surface area (Å²) >= 11 is 0. The number of hydrogen-bond acceptors (Lipinski definition) is 2. The van der Waals surface area contributed by atoms with E-state index >= 15 is 0 Å². The van der Waals surface area contributed by atoms with Crippen molar-refractivity contribution in [3.05, 3.63) is 0 Å². The Morgan fingerprint density at radius 2 is 1.57 bits per heavy atom. The molecule has 0 unspecified atom stereocenters. The molecule has 4 heteroatoms. The fraction of sp³-hybridized carbons (Fsp3) is 0.333. The van der Waals surface area contributed by atoms with Crippen LogP contribution in [0.4, 0.5) is 4.70 Å². The predicted octanol–water partition coefficient (Wildman–Crippen LogP) is -0.188. The monoisotopic (exact) mass is 108 g/mol. The number of carboxylic acids is 1. The normalized spacial score (nSPS) is 6.43. The van der Waals surface area contributed by atoms with Crippen molar-refractivity contribution in [2.24, 2.45) is 0 Å². The highest BCUT2D eigenvalue weighted by Gasteiger charge is 1.98. The first-order valence-electron chi connectivity index (χ1n) is 1.38. The van der Waals surface area contributed by atoms with Crippen molar-refractivity contribution in [3.63, 3.8) is 0 Å². The average Bonchev–Trinajstić information content (AvgIpc) is 1.36. The number of carbonyl (C=O) groups is 2. The van der Waals surface area contributed by atoms with Crippen LogP contribution in [-0.2, 0) is 9.59 Å². The van der Waals surface area contributed by atoms with Crippen LogP contribution in [0.5, 0.6) is 0 Å². The van der Waals surface area contributed by atoms with Crippen LogP contribution in [0.15, 0.2) is 0 Å². The molecule has 7 heavy (non-hydrogen) atoms. The van der Waals surface area contributed by atoms with Crippen LogP contribution in [0.25, 0.3) is 0 Å². The fourth-order valence-electron chi connectivity index (χ4n) is 0. The molecular formula is C3H5FO3. The number of carboxylic acid groups (broad SMARTS) is 1. The van der Waals surface area contributed by atoms with Gasteiger partial charge in [-0.1, -0.05) is 0 Å². The Kier molecular flexibility index (Phi) is 4.40. The second kappa shape index (κ2) is 3.27. The van der Waals surface area contributed by atoms with Crippen LogP contribution < -0.4 is 0 Å². The summed E-state index contributed by atoms with van der Waals surface area (Å²) in [5.74, 6) is -2.20. The van der Waals surface area contributed by atoms with Gasteiger partial charge in [-0.25, -0.2) is 4.79 Å². The first-order valence-corrected chi connectivity index (χ1v) is 1.38. The molecular weight excluding hydrogens is 103 g/mol. The molecule has 0 rings (SSSR count). The van der Waals surface area contributed by atoms with E-state index in [0.29, 0.717) is 0 Å². The van der Waals surface area contributed by atoms with Gasteiger partial charge in [0.25, 0.3) is 0 Å². The molecule has 0 radical (unpaired) electrons. The summed E-state index contributed by atoms with van der Waals surface area (Å²) in [6.07, 6.45) is 0. The van der Waals surface area contributed by atoms with Gasteiger partial charge in [-0.2, -0.15) is 0 Å². The molecule has 0 aliphatic heterocycles. The highest BCUT2D eigenvalue weighted by Crippen LogP contribution is 1.61. The van der Waals surface area contributed by atoms with Crippen molar-refractivity contribution in [1.29, 1.82) is 0 Å². The van der Waals surface area contributed by atoms with E-state index in [1.54, 1.807) is 0 Å². The van der Waals surface area contributed by atoms with Crippen LogP contribution in [-0.4, -0.2) is 16.9 Å². The van der Waals surface area contributed by atoms with Gasteiger partial charge in [0.1, 0.15) is 0 Å². The van der Waals surface area contributed by atoms with E-state index in [2.05, 4.69) is 0 Å². The lowest BCUT2D eigenvalue weighted by atomic mass is 10.5. The lowest BCUT2D eigenvalue weighted by molar-refractivity contribution is -0.148. The molecule has 0 saturated carbocycles. The average molecular weight is 108 g/mol. The van der Waals surface area contributed by atoms with Gasteiger partial charge in [-0.15, -0.1) is 0 Å². The molecule has 0 aromatic rings. The summed E-state index contributed by atoms with van der Waals surface area (Å²) < 4.78 is 0. The summed E-state index contributed by atoms with van der Waals surface area (Å²) in [4.78, 5) is 18.9. The number of Topliss-reactive ketones (excluding diaryl/α,β-unsaturated/α-hetero) is 1. The zero-order chi connectivity index (χ0) is 5.15. The Morgan fingerprint density at radius 3 is 1.57 bits per heavy atom. The van der Waals surface area contributed by atoms with Crippen LogP contribution in [0.2, 0.25) is 0 Å². The van der Waals surface area contributed by atoms with Gasteiger partial charge < -0.3 is 5.11 Å². The van der Waals surface area contributed by atoms with Crippen molar-refractivity contribution < 1.29 is 19.4 Å². The molecule has 0 aromatic carbocycles. The second-order valence-corrected chi connectivity index (χ2v) is 0.861. The number of hydrogen-bond donors (Lipinski definition) is 1. The van der Waals surface area contributed by atoms with E-state index in [-0.39, 0.29) is 4.70 Å². The highest BCUT2D eigenvalue weighted by molar-refractivity contribution is 6.31. The van der Waals surface area contributed by atoms with Gasteiger partial charge in [0.05, 0.1) is 0 Å². The molecule has 0 amide bonds. The molecule has 0 fully saturated rings. The minimum Gasteiger partial charge on any atom is -0.476 e. The smallest absolute Gasteiger partial charge is 0.371 e. The summed E-state index contributed by atoms with van der Waals surface area (Å²) in [5, 5.41) is 7.64. The number of rotatable bonds is 1. The minimum atomic E-state index is -1.38. The summed E-state index contributed by atoms with van der Waals surface area (Å²) in [6, 6.07) is 0. The zero-order valence-electron chi connectivity index (χ0n) is 3.67. The van der Waals surface area contributed by atoms with Crippen LogP contribution in [0.1, 0.15) is 6.92 Å². The van der Waals surface area contributed by atoms with Gasteiger partial charge in [0.2, 0.25) is 5.78 Å². The zero-order valence-corrected chi connectivity index (χ0v) is 3.67. The Bertz CT molecular complexity index is 76.2. The maximum Gasteiger partial charge on any atom is 0.371 e. The Balaban J connectivity index is 0. The van der Waals surface area contributed by atoms with Gasteiger partial charge in [-0.05, 0) is 0 Å². The molecule has 1 N–H and O–H groups in total. The first kappa shape index (κ1) is 9.42. The Hall–Kier alpha value is -0.930. The molecule has 0 aromatic heterocycles. The van der Waals surface area contributed by atoms with Crippen molar-refractivity contribution in [2.75, 3.05) is 0 Å². The fourth-order valence-corrected chi connectivity index (χ4v) is 0. The highest BCUT2D eigenvalue weighted by atomic mass is 19.0. The third-order valence-electron chi connectivity index (χ3n) is 0.301. The van der Waals surface area contributed by atoms with Crippen molar-refractivity contribution in [1.82, 2.24) is 0 Å². The SMILES string of the molecule is CC(=O)C(=O)O.F. The van der Waals surface area contributed by atoms with Crippen LogP contribution >= 0.6 is 0 Å². The van der Waals surface area contributed by atoms with Gasteiger partial charge in [0, 0.05) is 6.92 Å². The third kappa shape index (κ3) is 5.07. The van der Waals surface area contributed by atoms with Gasteiger partial charge >= 0.3 is 5.97 Å². The molecule has 0 heterocycles. The van der Waals surface area contributed by atoms with E-state index in [1.807, 2.05) is 0 Å². The molecule has 0 aliphatic carbocycles. The van der Waals surface area contributed by atoms with Crippen LogP contribution in [0, 0.1) is 0 Å². The third-order valence-corrected chi connectivity index (χ3v) is 0.301. The number of ketones is 1. The number of aliphatic carboxylic acids is 1. The molecule has 0 atom stereocenters. The number of carbonyl (C=O) groups excluding carboxylic acids is 1. The Morgan fingerprint density at radius 1 is 1.43 bits per heavy atom. The largest absolute Gasteiger partial charge is 0.476 e. The molecule has 0 spiro atoms. The second-order valence-electron chi connectivity index (χ2n) is 0.861. The number of halogens is 1. The van der Waals surface area contributed by atoms with E-state index < -0.39 is 11.8 Å². The summed E-state index contributed by atoms with van der Waals surface area (Å²) in [7, 11) is 0. The maximum absolute atomic E-state index is 9.54. The maximum atomic E-state index is 9.54. The molecule has 0 saturated heterocycles. The summed E-state index contributed by atoms with van der Waals surface area (Å²) in [5.41, 5.74) is 0. The van der Waals surface area contributed by atoms with Crippen LogP contribution in [0.3, 0.4) is 0 Å². The van der Waals surface area contributed by atoms with E-state index in [0.717, 1.165) is 6.92 Å².